The molecule has 164 valence electrons. The molecule has 4 rings (SSSR count). The summed E-state index contributed by atoms with van der Waals surface area (Å²) in [7, 11) is 0. The molecular formula is C24H34FN3O2. The van der Waals surface area contributed by atoms with E-state index in [1.165, 1.54) is 23.4 Å². The van der Waals surface area contributed by atoms with Gasteiger partial charge in [0.25, 0.3) is 0 Å². The van der Waals surface area contributed by atoms with E-state index in [1.54, 1.807) is 6.07 Å². The minimum atomic E-state index is -0.479. The number of fused-ring (bicyclic) bond motifs is 1. The Kier molecular flexibility index (Phi) is 6.16. The van der Waals surface area contributed by atoms with Crippen LogP contribution in [0.25, 0.3) is 0 Å². The summed E-state index contributed by atoms with van der Waals surface area (Å²) in [6, 6.07) is 4.67. The third-order valence-corrected chi connectivity index (χ3v) is 7.05. The van der Waals surface area contributed by atoms with Crippen molar-refractivity contribution in [3.63, 3.8) is 0 Å². The quantitative estimate of drug-likeness (QED) is 0.778. The predicted octanol–water partition coefficient (Wildman–Crippen LogP) is 3.87. The van der Waals surface area contributed by atoms with Gasteiger partial charge in [0.15, 0.2) is 0 Å². The molecule has 1 saturated heterocycles. The van der Waals surface area contributed by atoms with Crippen molar-refractivity contribution in [3.05, 3.63) is 46.5 Å². The van der Waals surface area contributed by atoms with Crippen LogP contribution in [0.5, 0.6) is 5.75 Å². The van der Waals surface area contributed by atoms with Gasteiger partial charge in [-0.25, -0.2) is 4.39 Å². The third-order valence-electron chi connectivity index (χ3n) is 7.05. The fraction of sp³-hybridized carbons (Fsp3) is 0.625. The number of hydrogen-bond acceptors (Lipinski definition) is 4. The van der Waals surface area contributed by atoms with Crippen molar-refractivity contribution >= 4 is 0 Å². The first-order valence-corrected chi connectivity index (χ1v) is 11.3. The maximum atomic E-state index is 13.6. The Bertz CT molecular complexity index is 897. The van der Waals surface area contributed by atoms with Crippen molar-refractivity contribution < 1.29 is 14.2 Å². The molecule has 1 aliphatic heterocycles. The van der Waals surface area contributed by atoms with E-state index in [0.29, 0.717) is 24.0 Å². The highest BCUT2D eigenvalue weighted by atomic mass is 19.1. The summed E-state index contributed by atoms with van der Waals surface area (Å²) in [4.78, 5) is 2.51. The molecule has 0 spiro atoms. The number of ether oxygens (including phenoxy) is 1. The lowest BCUT2D eigenvalue weighted by molar-refractivity contribution is -0.0235. The van der Waals surface area contributed by atoms with Gasteiger partial charge < -0.3 is 9.84 Å². The van der Waals surface area contributed by atoms with E-state index in [-0.39, 0.29) is 11.9 Å². The summed E-state index contributed by atoms with van der Waals surface area (Å²) >= 11 is 0. The van der Waals surface area contributed by atoms with Gasteiger partial charge >= 0.3 is 0 Å². The smallest absolute Gasteiger partial charge is 0.125 e. The molecule has 0 radical (unpaired) electrons. The van der Waals surface area contributed by atoms with Gasteiger partial charge in [0.05, 0.1) is 11.8 Å². The van der Waals surface area contributed by atoms with Gasteiger partial charge in [-0.05, 0) is 75.6 Å². The Labute approximate surface area is 178 Å². The molecule has 0 amide bonds. The Balaban J connectivity index is 1.42. The van der Waals surface area contributed by atoms with Gasteiger partial charge in [-0.2, -0.15) is 5.10 Å². The molecule has 2 aliphatic rings. The van der Waals surface area contributed by atoms with E-state index in [1.807, 2.05) is 6.92 Å². The number of hydrogen-bond donors (Lipinski definition) is 1. The molecule has 6 heteroatoms. The number of aryl methyl sites for hydroxylation is 3. The zero-order valence-corrected chi connectivity index (χ0v) is 18.6. The lowest BCUT2D eigenvalue weighted by Gasteiger charge is -2.35. The van der Waals surface area contributed by atoms with Crippen LogP contribution in [0.3, 0.4) is 0 Å². The van der Waals surface area contributed by atoms with Crippen molar-refractivity contribution in [2.24, 2.45) is 11.8 Å². The molecule has 0 bridgehead atoms. The Morgan fingerprint density at radius 1 is 1.17 bits per heavy atom. The maximum absolute atomic E-state index is 13.6. The molecule has 1 aromatic carbocycles. The van der Waals surface area contributed by atoms with E-state index < -0.39 is 6.10 Å². The second kappa shape index (κ2) is 8.67. The van der Waals surface area contributed by atoms with Gasteiger partial charge in [-0.15, -0.1) is 0 Å². The van der Waals surface area contributed by atoms with Gasteiger partial charge in [0.2, 0.25) is 0 Å². The fourth-order valence-corrected chi connectivity index (χ4v) is 5.34. The van der Waals surface area contributed by atoms with Gasteiger partial charge in [-0.1, -0.05) is 6.92 Å². The topological polar surface area (TPSA) is 50.5 Å². The average molecular weight is 416 g/mol. The largest absolute Gasteiger partial charge is 0.487 e. The normalized spacial score (nSPS) is 26.7. The molecule has 30 heavy (non-hydrogen) atoms. The molecule has 1 saturated carbocycles. The van der Waals surface area contributed by atoms with Gasteiger partial charge in [0.1, 0.15) is 17.7 Å². The number of benzene rings is 1. The zero-order valence-electron chi connectivity index (χ0n) is 18.6. The van der Waals surface area contributed by atoms with Gasteiger partial charge in [-0.3, -0.25) is 9.58 Å². The second-order valence-electron chi connectivity index (χ2n) is 8.98. The van der Waals surface area contributed by atoms with Gasteiger partial charge in [0, 0.05) is 37.4 Å². The third kappa shape index (κ3) is 4.12. The van der Waals surface area contributed by atoms with Crippen LogP contribution >= 0.6 is 0 Å². The Morgan fingerprint density at radius 3 is 2.57 bits per heavy atom. The zero-order chi connectivity index (χ0) is 21.4. The molecule has 5 nitrogen and oxygen atoms in total. The number of aliphatic hydroxyl groups is 1. The molecule has 2 fully saturated rings. The summed E-state index contributed by atoms with van der Waals surface area (Å²) in [5.41, 5.74) is 4.57. The number of likely N-dealkylation sites (tertiary alicyclic amines) is 1. The van der Waals surface area contributed by atoms with Crippen LogP contribution in [0.1, 0.15) is 49.2 Å². The number of aromatic nitrogens is 2. The van der Waals surface area contributed by atoms with Crippen LogP contribution in [-0.2, 0) is 19.5 Å². The fourth-order valence-electron chi connectivity index (χ4n) is 5.34. The average Bonchev–Trinajstić information content (AvgIpc) is 3.23. The molecule has 1 aromatic heterocycles. The highest BCUT2D eigenvalue weighted by Crippen LogP contribution is 2.39. The van der Waals surface area contributed by atoms with Crippen molar-refractivity contribution in [1.29, 1.82) is 0 Å². The van der Waals surface area contributed by atoms with E-state index in [2.05, 4.69) is 35.5 Å². The second-order valence-corrected chi connectivity index (χ2v) is 8.98. The van der Waals surface area contributed by atoms with Crippen LogP contribution in [0.15, 0.2) is 18.2 Å². The number of aliphatic hydroxyl groups excluding tert-OH is 1. The Hall–Kier alpha value is -1.92. The summed E-state index contributed by atoms with van der Waals surface area (Å²) < 4.78 is 21.8. The molecule has 1 aliphatic carbocycles. The van der Waals surface area contributed by atoms with Crippen molar-refractivity contribution in [3.8, 4) is 5.75 Å². The first-order chi connectivity index (χ1) is 14.4. The summed E-state index contributed by atoms with van der Waals surface area (Å²) in [5.74, 6) is 1.48. The highest BCUT2D eigenvalue weighted by Gasteiger charge is 2.43. The van der Waals surface area contributed by atoms with Crippen LogP contribution < -0.4 is 4.74 Å². The molecule has 4 atom stereocenters. The monoisotopic (exact) mass is 415 g/mol. The molecule has 2 heterocycles. The Morgan fingerprint density at radius 2 is 1.90 bits per heavy atom. The standard InChI is InChI=1S/C24H34FN3O2/c1-5-17-9-20(25)7-8-23(17)30-24-11-19-13-27(12-18(19)10-22(24)29)14-21-15(3)26-28(6-2)16(21)4/h7-9,18-19,22,24,29H,5-6,10-14H2,1-4H3/t18-,19+,22+,24+/m0/s1. The maximum Gasteiger partial charge on any atom is 0.125 e. The summed E-state index contributed by atoms with van der Waals surface area (Å²) in [5, 5.41) is 15.4. The lowest BCUT2D eigenvalue weighted by Crippen LogP contribution is -2.42. The highest BCUT2D eigenvalue weighted by molar-refractivity contribution is 5.34. The minimum Gasteiger partial charge on any atom is -0.487 e. The van der Waals surface area contributed by atoms with Crippen LogP contribution in [0.2, 0.25) is 0 Å². The summed E-state index contributed by atoms with van der Waals surface area (Å²) in [6.07, 6.45) is 1.61. The number of nitrogens with zero attached hydrogens (tertiary/aromatic N) is 3. The van der Waals surface area contributed by atoms with E-state index in [4.69, 9.17) is 4.74 Å². The predicted molar refractivity (Wildman–Crippen MR) is 115 cm³/mol. The van der Waals surface area contributed by atoms with Crippen LogP contribution in [0.4, 0.5) is 4.39 Å². The first kappa shape index (κ1) is 21.3. The molecular weight excluding hydrogens is 381 g/mol. The van der Waals surface area contributed by atoms with E-state index in [9.17, 15) is 9.50 Å². The van der Waals surface area contributed by atoms with Crippen molar-refractivity contribution in [2.45, 2.75) is 72.3 Å². The molecule has 1 N–H and O–H groups in total. The first-order valence-electron chi connectivity index (χ1n) is 11.3. The van der Waals surface area contributed by atoms with E-state index in [0.717, 1.165) is 50.3 Å². The molecule has 0 unspecified atom stereocenters. The number of halogens is 1. The van der Waals surface area contributed by atoms with Crippen molar-refractivity contribution in [1.82, 2.24) is 14.7 Å². The number of rotatable bonds is 6. The lowest BCUT2D eigenvalue weighted by atomic mass is 9.78. The molecule has 2 aromatic rings. The van der Waals surface area contributed by atoms with Crippen LogP contribution in [-0.4, -0.2) is 45.1 Å². The SMILES string of the molecule is CCc1cc(F)ccc1O[C@@H]1C[C@@H]2CN(Cc3c(C)nn(CC)c3C)C[C@@H]2C[C@H]1O. The van der Waals surface area contributed by atoms with E-state index >= 15 is 0 Å². The van der Waals surface area contributed by atoms with Crippen molar-refractivity contribution in [2.75, 3.05) is 13.1 Å². The van der Waals surface area contributed by atoms with Crippen LogP contribution in [0, 0.1) is 31.5 Å². The minimum absolute atomic E-state index is 0.228. The summed E-state index contributed by atoms with van der Waals surface area (Å²) in [6.45, 7) is 12.2.